The van der Waals surface area contributed by atoms with Crippen LogP contribution in [0.4, 0.5) is 0 Å². The van der Waals surface area contributed by atoms with Gasteiger partial charge in [-0.2, -0.15) is 4.98 Å². The molecule has 0 aliphatic heterocycles. The van der Waals surface area contributed by atoms with E-state index in [9.17, 15) is 4.79 Å². The highest BCUT2D eigenvalue weighted by atomic mass is 16.5. The number of hydrogen-bond donors (Lipinski definition) is 2. The largest absolute Gasteiger partial charge is 0.426 e. The zero-order valence-corrected chi connectivity index (χ0v) is 13.4. The van der Waals surface area contributed by atoms with Crippen molar-refractivity contribution >= 4 is 22.2 Å². The fraction of sp³-hybridized carbons (Fsp3) is 0. The van der Waals surface area contributed by atoms with E-state index < -0.39 is 0 Å². The van der Waals surface area contributed by atoms with Crippen molar-refractivity contribution in [3.05, 3.63) is 71.5 Å². The van der Waals surface area contributed by atoms with Gasteiger partial charge in [0, 0.05) is 12.4 Å². The zero-order valence-electron chi connectivity index (χ0n) is 13.4. The monoisotopic (exact) mass is 344 g/mol. The number of benzene rings is 1. The predicted molar refractivity (Wildman–Crippen MR) is 95.7 cm³/mol. The van der Waals surface area contributed by atoms with Gasteiger partial charge >= 0.3 is 5.69 Å². The summed E-state index contributed by atoms with van der Waals surface area (Å²) in [6.45, 7) is 0. The van der Waals surface area contributed by atoms with E-state index in [1.165, 1.54) is 0 Å². The van der Waals surface area contributed by atoms with Crippen molar-refractivity contribution in [1.29, 1.82) is 0 Å². The van der Waals surface area contributed by atoms with Gasteiger partial charge in [-0.05, 0) is 42.5 Å². The summed E-state index contributed by atoms with van der Waals surface area (Å²) in [6.07, 6.45) is 5.01. The SMILES string of the molecule is O=c1[nH]c2ncccc2n1-c1ccc(Oc2nc3ccncc3[nH]2)cc1. The van der Waals surface area contributed by atoms with Gasteiger partial charge in [-0.25, -0.2) is 9.78 Å². The second-order valence-electron chi connectivity index (χ2n) is 5.67. The number of nitrogens with one attached hydrogen (secondary N) is 2. The summed E-state index contributed by atoms with van der Waals surface area (Å²) in [5.74, 6) is 0.604. The standard InChI is InChI=1S/C18H12N6O2/c25-18-23-16-15(2-1-8-20-16)24(18)11-3-5-12(6-4-11)26-17-21-13-7-9-19-10-14(13)22-17/h1-10H,(H,21,22)(H,20,23,25). The maximum Gasteiger partial charge on any atom is 0.332 e. The first-order valence-electron chi connectivity index (χ1n) is 7.92. The first-order valence-corrected chi connectivity index (χ1v) is 7.92. The summed E-state index contributed by atoms with van der Waals surface area (Å²) in [5, 5.41) is 0. The van der Waals surface area contributed by atoms with Crippen LogP contribution >= 0.6 is 0 Å². The van der Waals surface area contributed by atoms with Crippen LogP contribution in [-0.4, -0.2) is 29.5 Å². The maximum atomic E-state index is 12.2. The van der Waals surface area contributed by atoms with Gasteiger partial charge in [0.05, 0.1) is 28.4 Å². The third kappa shape index (κ3) is 2.32. The Bertz CT molecular complexity index is 1250. The van der Waals surface area contributed by atoms with Gasteiger partial charge < -0.3 is 9.72 Å². The maximum absolute atomic E-state index is 12.2. The molecule has 0 aliphatic carbocycles. The molecule has 0 amide bonds. The smallest absolute Gasteiger partial charge is 0.332 e. The molecule has 0 aliphatic rings. The van der Waals surface area contributed by atoms with Gasteiger partial charge in [0.15, 0.2) is 5.65 Å². The molecule has 1 aromatic carbocycles. The first kappa shape index (κ1) is 14.4. The quantitative estimate of drug-likeness (QED) is 0.524. The Kier molecular flexibility index (Phi) is 3.08. The number of nitrogens with zero attached hydrogens (tertiary/aromatic N) is 4. The second-order valence-corrected chi connectivity index (χ2v) is 5.67. The second kappa shape index (κ2) is 5.55. The molecule has 0 atom stereocenters. The first-order chi connectivity index (χ1) is 12.8. The van der Waals surface area contributed by atoms with E-state index >= 15 is 0 Å². The normalized spacial score (nSPS) is 11.2. The van der Waals surface area contributed by atoms with E-state index in [1.54, 1.807) is 59.6 Å². The van der Waals surface area contributed by atoms with Gasteiger partial charge in [-0.3, -0.25) is 14.5 Å². The van der Waals surface area contributed by atoms with Crippen LogP contribution in [0.3, 0.4) is 0 Å². The summed E-state index contributed by atoms with van der Waals surface area (Å²) in [4.78, 5) is 30.6. The molecule has 0 radical (unpaired) electrons. The van der Waals surface area contributed by atoms with Crippen LogP contribution in [0.2, 0.25) is 0 Å². The molecule has 4 heterocycles. The molecule has 0 bridgehead atoms. The fourth-order valence-electron chi connectivity index (χ4n) is 2.85. The number of aromatic amines is 2. The molecule has 26 heavy (non-hydrogen) atoms. The molecule has 126 valence electrons. The summed E-state index contributed by atoms with van der Waals surface area (Å²) < 4.78 is 7.32. The van der Waals surface area contributed by atoms with E-state index in [1.807, 2.05) is 6.07 Å². The van der Waals surface area contributed by atoms with E-state index in [2.05, 4.69) is 24.9 Å². The molecule has 0 saturated heterocycles. The molecule has 8 heteroatoms. The van der Waals surface area contributed by atoms with Crippen molar-refractivity contribution in [2.45, 2.75) is 0 Å². The topological polar surface area (TPSA) is 101 Å². The Morgan fingerprint density at radius 3 is 2.73 bits per heavy atom. The number of H-pyrrole nitrogens is 2. The number of pyridine rings is 2. The lowest BCUT2D eigenvalue weighted by atomic mass is 10.3. The van der Waals surface area contributed by atoms with Crippen molar-refractivity contribution in [1.82, 2.24) is 29.5 Å². The average molecular weight is 344 g/mol. The number of hydrogen-bond acceptors (Lipinski definition) is 5. The molecule has 0 fully saturated rings. The number of fused-ring (bicyclic) bond motifs is 2. The predicted octanol–water partition coefficient (Wildman–Crippen LogP) is 2.78. The Morgan fingerprint density at radius 1 is 1.00 bits per heavy atom. The molecule has 0 saturated carbocycles. The van der Waals surface area contributed by atoms with E-state index in [0.29, 0.717) is 17.4 Å². The molecule has 0 spiro atoms. The summed E-state index contributed by atoms with van der Waals surface area (Å²) >= 11 is 0. The lowest BCUT2D eigenvalue weighted by molar-refractivity contribution is 0.449. The Morgan fingerprint density at radius 2 is 1.88 bits per heavy atom. The summed E-state index contributed by atoms with van der Waals surface area (Å²) in [7, 11) is 0. The van der Waals surface area contributed by atoms with Gasteiger partial charge in [-0.1, -0.05) is 0 Å². The van der Waals surface area contributed by atoms with Crippen molar-refractivity contribution in [2.24, 2.45) is 0 Å². The fourth-order valence-corrected chi connectivity index (χ4v) is 2.85. The number of aromatic nitrogens is 6. The Labute approximate surface area is 146 Å². The third-order valence-electron chi connectivity index (χ3n) is 4.03. The molecule has 8 nitrogen and oxygen atoms in total. The highest BCUT2D eigenvalue weighted by Gasteiger charge is 2.10. The Hall–Kier alpha value is -3.94. The van der Waals surface area contributed by atoms with Crippen molar-refractivity contribution in [2.75, 3.05) is 0 Å². The van der Waals surface area contributed by atoms with Crippen LogP contribution in [-0.2, 0) is 0 Å². The van der Waals surface area contributed by atoms with Crippen LogP contribution in [0, 0.1) is 0 Å². The van der Waals surface area contributed by atoms with Gasteiger partial charge in [0.2, 0.25) is 0 Å². The summed E-state index contributed by atoms with van der Waals surface area (Å²) in [5.41, 5.74) is 3.33. The molecule has 5 rings (SSSR count). The average Bonchev–Trinajstić information content (AvgIpc) is 3.21. The van der Waals surface area contributed by atoms with Gasteiger partial charge in [-0.15, -0.1) is 0 Å². The van der Waals surface area contributed by atoms with Gasteiger partial charge in [0.25, 0.3) is 6.01 Å². The minimum Gasteiger partial charge on any atom is -0.426 e. The molecule has 5 aromatic rings. The van der Waals surface area contributed by atoms with Crippen LogP contribution in [0.15, 0.2) is 65.8 Å². The summed E-state index contributed by atoms with van der Waals surface area (Å²) in [6, 6.07) is 13.0. The highest BCUT2D eigenvalue weighted by Crippen LogP contribution is 2.23. The van der Waals surface area contributed by atoms with E-state index in [4.69, 9.17) is 4.74 Å². The molecule has 4 aromatic heterocycles. The lowest BCUT2D eigenvalue weighted by Crippen LogP contribution is -2.14. The number of ether oxygens (including phenoxy) is 1. The van der Waals surface area contributed by atoms with Crippen LogP contribution < -0.4 is 10.4 Å². The van der Waals surface area contributed by atoms with Crippen LogP contribution in [0.5, 0.6) is 11.8 Å². The van der Waals surface area contributed by atoms with Crippen molar-refractivity contribution in [3.63, 3.8) is 0 Å². The number of imidazole rings is 2. The van der Waals surface area contributed by atoms with Crippen LogP contribution in [0.25, 0.3) is 27.9 Å². The highest BCUT2D eigenvalue weighted by molar-refractivity contribution is 5.74. The minimum atomic E-state index is -0.239. The molecule has 2 N–H and O–H groups in total. The Balaban J connectivity index is 1.48. The van der Waals surface area contributed by atoms with Crippen molar-refractivity contribution in [3.8, 4) is 17.4 Å². The van der Waals surface area contributed by atoms with E-state index in [0.717, 1.165) is 22.2 Å². The third-order valence-corrected chi connectivity index (χ3v) is 4.03. The number of rotatable bonds is 3. The zero-order chi connectivity index (χ0) is 17.5. The van der Waals surface area contributed by atoms with Gasteiger partial charge in [0.1, 0.15) is 5.75 Å². The molecule has 0 unspecified atom stereocenters. The van der Waals surface area contributed by atoms with E-state index in [-0.39, 0.29) is 5.69 Å². The molecular formula is C18H12N6O2. The minimum absolute atomic E-state index is 0.239. The lowest BCUT2D eigenvalue weighted by Gasteiger charge is -2.05. The molecular weight excluding hydrogens is 332 g/mol. The van der Waals surface area contributed by atoms with Crippen molar-refractivity contribution < 1.29 is 4.74 Å². The van der Waals surface area contributed by atoms with Crippen LogP contribution in [0.1, 0.15) is 0 Å².